The Balaban J connectivity index is 2.22. The van der Waals surface area contributed by atoms with Crippen molar-refractivity contribution in [3.05, 3.63) is 34.9 Å². The number of carbonyl (C=O) groups is 1. The summed E-state index contributed by atoms with van der Waals surface area (Å²) in [6.07, 6.45) is 11.8. The Labute approximate surface area is 141 Å². The Hall–Kier alpha value is -1.19. The van der Waals surface area contributed by atoms with Gasteiger partial charge in [-0.1, -0.05) is 28.9 Å². The molecule has 1 aliphatic heterocycles. The fourth-order valence-electron chi connectivity index (χ4n) is 2.51. The summed E-state index contributed by atoms with van der Waals surface area (Å²) in [6, 6.07) is 0. The second kappa shape index (κ2) is 11.4. The number of ether oxygens (including phenoxy) is 2. The standard InChI is InChI=1S/C20H32O3/c1-16(2)14-19(21)15-18(4)9-7-8-17(3)11-13-23-20-10-5-6-12-22-20/h9,11,14,20H,5-8,10,12-13,15H2,1-4H3/b17-11+,18-9+. The lowest BCUT2D eigenvalue weighted by Gasteiger charge is -2.22. The van der Waals surface area contributed by atoms with Crippen LogP contribution in [0.2, 0.25) is 0 Å². The lowest BCUT2D eigenvalue weighted by Crippen LogP contribution is -2.22. The van der Waals surface area contributed by atoms with Crippen molar-refractivity contribution in [2.75, 3.05) is 13.2 Å². The van der Waals surface area contributed by atoms with Crippen molar-refractivity contribution in [1.82, 2.24) is 0 Å². The summed E-state index contributed by atoms with van der Waals surface area (Å²) in [6.45, 7) is 9.50. The minimum Gasteiger partial charge on any atom is -0.353 e. The van der Waals surface area contributed by atoms with Crippen molar-refractivity contribution in [1.29, 1.82) is 0 Å². The minimum atomic E-state index is -0.0176. The molecule has 0 amide bonds. The maximum Gasteiger partial charge on any atom is 0.159 e. The highest BCUT2D eigenvalue weighted by Gasteiger charge is 2.12. The molecule has 1 unspecified atom stereocenters. The Morgan fingerprint density at radius 1 is 1.13 bits per heavy atom. The average Bonchev–Trinajstić information content (AvgIpc) is 2.47. The van der Waals surface area contributed by atoms with Crippen molar-refractivity contribution < 1.29 is 14.3 Å². The van der Waals surface area contributed by atoms with E-state index in [2.05, 4.69) is 19.1 Å². The molecule has 0 N–H and O–H groups in total. The van der Waals surface area contributed by atoms with E-state index in [-0.39, 0.29) is 12.1 Å². The summed E-state index contributed by atoms with van der Waals surface area (Å²) >= 11 is 0. The molecule has 0 aromatic heterocycles. The number of rotatable bonds is 9. The summed E-state index contributed by atoms with van der Waals surface area (Å²) in [7, 11) is 0. The molecule has 1 aliphatic rings. The molecule has 0 aromatic carbocycles. The molecular formula is C20H32O3. The molecule has 130 valence electrons. The molecule has 1 atom stereocenters. The van der Waals surface area contributed by atoms with Crippen LogP contribution in [-0.4, -0.2) is 25.3 Å². The Morgan fingerprint density at radius 3 is 2.57 bits per heavy atom. The van der Waals surface area contributed by atoms with Crippen LogP contribution in [0.25, 0.3) is 0 Å². The molecule has 1 saturated heterocycles. The van der Waals surface area contributed by atoms with E-state index in [1.807, 2.05) is 20.8 Å². The van der Waals surface area contributed by atoms with Crippen LogP contribution in [-0.2, 0) is 14.3 Å². The summed E-state index contributed by atoms with van der Waals surface area (Å²) in [5.41, 5.74) is 3.52. The van der Waals surface area contributed by atoms with E-state index in [9.17, 15) is 4.79 Å². The predicted octanol–water partition coefficient (Wildman–Crippen LogP) is 5.13. The zero-order valence-corrected chi connectivity index (χ0v) is 15.2. The van der Waals surface area contributed by atoms with Crippen LogP contribution in [0.4, 0.5) is 0 Å². The van der Waals surface area contributed by atoms with Crippen molar-refractivity contribution >= 4 is 5.78 Å². The fourth-order valence-corrected chi connectivity index (χ4v) is 2.51. The molecule has 0 radical (unpaired) electrons. The third kappa shape index (κ3) is 10.2. The molecule has 1 rings (SSSR count). The van der Waals surface area contributed by atoms with Crippen LogP contribution in [0.3, 0.4) is 0 Å². The van der Waals surface area contributed by atoms with Gasteiger partial charge in [0, 0.05) is 13.0 Å². The van der Waals surface area contributed by atoms with Gasteiger partial charge in [0.1, 0.15) is 0 Å². The monoisotopic (exact) mass is 320 g/mol. The quantitative estimate of drug-likeness (QED) is 0.436. The average molecular weight is 320 g/mol. The van der Waals surface area contributed by atoms with Gasteiger partial charge < -0.3 is 9.47 Å². The van der Waals surface area contributed by atoms with Gasteiger partial charge in [-0.3, -0.25) is 4.79 Å². The molecule has 3 nitrogen and oxygen atoms in total. The zero-order valence-electron chi connectivity index (χ0n) is 15.2. The van der Waals surface area contributed by atoms with E-state index in [0.29, 0.717) is 13.0 Å². The highest BCUT2D eigenvalue weighted by Crippen LogP contribution is 2.14. The molecular weight excluding hydrogens is 288 g/mol. The maximum absolute atomic E-state index is 11.7. The van der Waals surface area contributed by atoms with E-state index in [0.717, 1.165) is 43.4 Å². The largest absolute Gasteiger partial charge is 0.353 e. The highest BCUT2D eigenvalue weighted by atomic mass is 16.7. The molecule has 0 bridgehead atoms. The first-order chi connectivity index (χ1) is 11.0. The lowest BCUT2D eigenvalue weighted by molar-refractivity contribution is -0.155. The third-order valence-electron chi connectivity index (χ3n) is 3.79. The van der Waals surface area contributed by atoms with E-state index in [1.165, 1.54) is 12.0 Å². The molecule has 0 saturated carbocycles. The summed E-state index contributed by atoms with van der Waals surface area (Å²) < 4.78 is 11.2. The molecule has 0 spiro atoms. The molecule has 0 aliphatic carbocycles. The Bertz CT molecular complexity index is 448. The summed E-state index contributed by atoms with van der Waals surface area (Å²) in [5, 5.41) is 0. The highest BCUT2D eigenvalue weighted by molar-refractivity contribution is 5.91. The van der Waals surface area contributed by atoms with Gasteiger partial charge in [-0.05, 0) is 65.9 Å². The summed E-state index contributed by atoms with van der Waals surface area (Å²) in [4.78, 5) is 11.7. The lowest BCUT2D eigenvalue weighted by atomic mass is 10.1. The second-order valence-corrected chi connectivity index (χ2v) is 6.63. The number of allylic oxidation sites excluding steroid dienone is 5. The van der Waals surface area contributed by atoms with E-state index < -0.39 is 0 Å². The predicted molar refractivity (Wildman–Crippen MR) is 95.3 cm³/mol. The fraction of sp³-hybridized carbons (Fsp3) is 0.650. The minimum absolute atomic E-state index is 0.0176. The van der Waals surface area contributed by atoms with Gasteiger partial charge in [-0.2, -0.15) is 0 Å². The SMILES string of the molecule is CC(C)=CC(=O)C/C(C)=C/CC/C(C)=C/COC1CCCCO1. The van der Waals surface area contributed by atoms with Crippen molar-refractivity contribution in [3.8, 4) is 0 Å². The van der Waals surface area contributed by atoms with Gasteiger partial charge in [0.2, 0.25) is 0 Å². The molecule has 1 heterocycles. The number of carbonyl (C=O) groups excluding carboxylic acids is 1. The maximum atomic E-state index is 11.7. The zero-order chi connectivity index (χ0) is 17.1. The Morgan fingerprint density at radius 2 is 1.91 bits per heavy atom. The van der Waals surface area contributed by atoms with Gasteiger partial charge in [-0.25, -0.2) is 0 Å². The van der Waals surface area contributed by atoms with Gasteiger partial charge in [0.15, 0.2) is 12.1 Å². The molecule has 23 heavy (non-hydrogen) atoms. The van der Waals surface area contributed by atoms with Crippen LogP contribution in [0.1, 0.15) is 66.2 Å². The van der Waals surface area contributed by atoms with Gasteiger partial charge in [0.05, 0.1) is 6.61 Å². The number of hydrogen-bond donors (Lipinski definition) is 0. The van der Waals surface area contributed by atoms with Crippen LogP contribution in [0, 0.1) is 0 Å². The van der Waals surface area contributed by atoms with Crippen LogP contribution in [0.15, 0.2) is 34.9 Å². The van der Waals surface area contributed by atoms with Crippen LogP contribution >= 0.6 is 0 Å². The van der Waals surface area contributed by atoms with Crippen molar-refractivity contribution in [3.63, 3.8) is 0 Å². The first kappa shape index (κ1) is 19.9. The van der Waals surface area contributed by atoms with E-state index in [1.54, 1.807) is 6.08 Å². The smallest absolute Gasteiger partial charge is 0.159 e. The Kier molecular flexibility index (Phi) is 9.81. The van der Waals surface area contributed by atoms with Gasteiger partial charge >= 0.3 is 0 Å². The second-order valence-electron chi connectivity index (χ2n) is 6.63. The van der Waals surface area contributed by atoms with Crippen molar-refractivity contribution in [2.45, 2.75) is 72.5 Å². The molecule has 1 fully saturated rings. The first-order valence-electron chi connectivity index (χ1n) is 8.69. The first-order valence-corrected chi connectivity index (χ1v) is 8.69. The third-order valence-corrected chi connectivity index (χ3v) is 3.79. The van der Waals surface area contributed by atoms with E-state index in [4.69, 9.17) is 9.47 Å². The van der Waals surface area contributed by atoms with Gasteiger partial charge in [0.25, 0.3) is 0 Å². The normalized spacial score (nSPS) is 19.6. The van der Waals surface area contributed by atoms with Crippen molar-refractivity contribution in [2.24, 2.45) is 0 Å². The number of hydrogen-bond acceptors (Lipinski definition) is 3. The topological polar surface area (TPSA) is 35.5 Å². The van der Waals surface area contributed by atoms with E-state index >= 15 is 0 Å². The number of ketones is 1. The summed E-state index contributed by atoms with van der Waals surface area (Å²) in [5.74, 6) is 0.187. The molecule has 0 aromatic rings. The van der Waals surface area contributed by atoms with Crippen LogP contribution in [0.5, 0.6) is 0 Å². The van der Waals surface area contributed by atoms with Gasteiger partial charge in [-0.15, -0.1) is 0 Å². The molecule has 3 heteroatoms. The van der Waals surface area contributed by atoms with Crippen LogP contribution < -0.4 is 0 Å².